The van der Waals surface area contributed by atoms with Crippen molar-refractivity contribution in [2.24, 2.45) is 11.8 Å². The zero-order valence-electron chi connectivity index (χ0n) is 24.9. The molecule has 228 valence electrons. The molecule has 3 heterocycles. The minimum atomic E-state index is -1.06. The number of fused-ring (bicyclic) bond motifs is 1. The van der Waals surface area contributed by atoms with E-state index < -0.39 is 29.6 Å². The van der Waals surface area contributed by atoms with Gasteiger partial charge in [0.1, 0.15) is 11.6 Å². The van der Waals surface area contributed by atoms with Gasteiger partial charge in [0.15, 0.2) is 0 Å². The normalized spacial score (nSPS) is 25.4. The van der Waals surface area contributed by atoms with Crippen LogP contribution < -0.4 is 4.90 Å². The molecule has 0 aromatic heterocycles. The van der Waals surface area contributed by atoms with E-state index in [1.807, 2.05) is 60.7 Å². The van der Waals surface area contributed by atoms with E-state index in [2.05, 4.69) is 13.2 Å². The summed E-state index contributed by atoms with van der Waals surface area (Å²) in [6.07, 6.45) is 7.21. The van der Waals surface area contributed by atoms with Gasteiger partial charge in [-0.25, -0.2) is 0 Å². The van der Waals surface area contributed by atoms with Crippen LogP contribution in [0.2, 0.25) is 0 Å². The highest BCUT2D eigenvalue weighted by molar-refractivity contribution is 6.03. The Morgan fingerprint density at radius 2 is 1.63 bits per heavy atom. The Bertz CT molecular complexity index is 1300. The van der Waals surface area contributed by atoms with Crippen molar-refractivity contribution in [3.63, 3.8) is 0 Å². The fraction of sp³-hybridized carbons (Fsp3) is 0.457. The van der Waals surface area contributed by atoms with Gasteiger partial charge in [0.25, 0.3) is 0 Å². The first kappa shape index (κ1) is 30.7. The van der Waals surface area contributed by atoms with E-state index in [1.54, 1.807) is 26.9 Å². The highest BCUT2D eigenvalue weighted by atomic mass is 16.5. The standard InChI is InChI=1S/C35H43N3O5/c1-3-21-36(25-26-15-9-7-10-16-26)34(42)31-35-20-19-28(43-35)29(30(35)33(41)38(31)23-13-5-6-14-24-39)32(40)37(22-4-2)27-17-11-8-12-18-27/h3-4,7-12,15-18,28-31,39H,1-2,5-6,13-14,19-25H2/t28-,29+,30-,31?,35?/m0/s1. The first-order valence-corrected chi connectivity index (χ1v) is 15.5. The van der Waals surface area contributed by atoms with Gasteiger partial charge in [0, 0.05) is 38.5 Å². The third-order valence-corrected chi connectivity index (χ3v) is 9.15. The van der Waals surface area contributed by atoms with Gasteiger partial charge in [0.2, 0.25) is 17.7 Å². The van der Waals surface area contributed by atoms with E-state index in [1.165, 1.54) is 0 Å². The minimum absolute atomic E-state index is 0.132. The summed E-state index contributed by atoms with van der Waals surface area (Å²) in [7, 11) is 0. The number of para-hydroxylation sites is 1. The molecule has 0 radical (unpaired) electrons. The number of aliphatic hydroxyl groups excluding tert-OH is 1. The lowest BCUT2D eigenvalue weighted by Crippen LogP contribution is -2.56. The number of unbranched alkanes of at least 4 members (excludes halogenated alkanes) is 3. The summed E-state index contributed by atoms with van der Waals surface area (Å²) < 4.78 is 6.70. The second kappa shape index (κ2) is 13.7. The molecular formula is C35H43N3O5. The van der Waals surface area contributed by atoms with Crippen LogP contribution in [0.15, 0.2) is 86.0 Å². The molecule has 0 aliphatic carbocycles. The number of anilines is 1. The van der Waals surface area contributed by atoms with Crippen LogP contribution >= 0.6 is 0 Å². The lowest BCUT2D eigenvalue weighted by atomic mass is 9.70. The number of ether oxygens (including phenoxy) is 1. The third-order valence-electron chi connectivity index (χ3n) is 9.15. The van der Waals surface area contributed by atoms with E-state index in [0.717, 1.165) is 24.1 Å². The zero-order valence-corrected chi connectivity index (χ0v) is 24.9. The number of aliphatic hydroxyl groups is 1. The molecule has 2 aromatic rings. The first-order chi connectivity index (χ1) is 21.0. The average Bonchev–Trinajstić information content (AvgIpc) is 3.67. The van der Waals surface area contributed by atoms with Gasteiger partial charge in [-0.2, -0.15) is 0 Å². The van der Waals surface area contributed by atoms with E-state index in [4.69, 9.17) is 4.74 Å². The Morgan fingerprint density at radius 3 is 2.30 bits per heavy atom. The molecule has 43 heavy (non-hydrogen) atoms. The molecule has 2 aromatic carbocycles. The lowest BCUT2D eigenvalue weighted by molar-refractivity contribution is -0.148. The number of likely N-dealkylation sites (tertiary alicyclic amines) is 1. The number of amides is 3. The molecule has 5 atom stereocenters. The van der Waals surface area contributed by atoms with Crippen LogP contribution in [0, 0.1) is 11.8 Å². The Hall–Kier alpha value is -3.75. The van der Waals surface area contributed by atoms with E-state index >= 15 is 0 Å². The predicted octanol–water partition coefficient (Wildman–Crippen LogP) is 4.35. The molecule has 3 aliphatic rings. The van der Waals surface area contributed by atoms with Gasteiger partial charge in [-0.05, 0) is 43.4 Å². The minimum Gasteiger partial charge on any atom is -0.396 e. The maximum atomic E-state index is 14.6. The summed E-state index contributed by atoms with van der Waals surface area (Å²) in [5, 5.41) is 9.21. The van der Waals surface area contributed by atoms with Crippen LogP contribution in [-0.2, 0) is 25.7 Å². The molecule has 5 rings (SSSR count). The molecular weight excluding hydrogens is 542 g/mol. The fourth-order valence-electron chi connectivity index (χ4n) is 7.31. The summed E-state index contributed by atoms with van der Waals surface area (Å²) in [5.74, 6) is -1.93. The fourth-order valence-corrected chi connectivity index (χ4v) is 7.31. The summed E-state index contributed by atoms with van der Waals surface area (Å²) in [4.78, 5) is 48.4. The van der Waals surface area contributed by atoms with Crippen LogP contribution in [0.5, 0.6) is 0 Å². The highest BCUT2D eigenvalue weighted by Gasteiger charge is 2.74. The van der Waals surface area contributed by atoms with Gasteiger partial charge < -0.3 is 24.5 Å². The maximum Gasteiger partial charge on any atom is 0.248 e. The smallest absolute Gasteiger partial charge is 0.248 e. The average molecular weight is 586 g/mol. The molecule has 3 fully saturated rings. The zero-order chi connectivity index (χ0) is 30.4. The van der Waals surface area contributed by atoms with Crippen LogP contribution in [0.3, 0.4) is 0 Å². The van der Waals surface area contributed by atoms with Gasteiger partial charge in [0.05, 0.1) is 17.9 Å². The SMILES string of the molecule is C=CCN(Cc1ccccc1)C(=O)C1N(CCCCCCO)C(=O)[C@@H]2[C@H](C(=O)N(CC=C)c3ccccc3)[C@@H]3CCC12O3. The summed E-state index contributed by atoms with van der Waals surface area (Å²) in [5.41, 5.74) is 0.666. The van der Waals surface area contributed by atoms with Crippen molar-refractivity contribution < 1.29 is 24.2 Å². The summed E-state index contributed by atoms with van der Waals surface area (Å²) >= 11 is 0. The molecule has 3 amide bonds. The summed E-state index contributed by atoms with van der Waals surface area (Å²) in [6.45, 7) is 9.30. The van der Waals surface area contributed by atoms with Crippen LogP contribution in [0.4, 0.5) is 5.69 Å². The van der Waals surface area contributed by atoms with Gasteiger partial charge in [-0.15, -0.1) is 13.2 Å². The Kier molecular flexibility index (Phi) is 9.78. The number of hydrogen-bond acceptors (Lipinski definition) is 5. The van der Waals surface area contributed by atoms with Crippen molar-refractivity contribution >= 4 is 23.4 Å². The second-order valence-electron chi connectivity index (χ2n) is 11.8. The van der Waals surface area contributed by atoms with Crippen molar-refractivity contribution in [2.45, 2.75) is 62.8 Å². The quantitative estimate of drug-likeness (QED) is 0.248. The van der Waals surface area contributed by atoms with E-state index in [-0.39, 0.29) is 24.3 Å². The topological polar surface area (TPSA) is 90.4 Å². The number of carbonyl (C=O) groups is 3. The van der Waals surface area contributed by atoms with Crippen LogP contribution in [0.1, 0.15) is 44.1 Å². The van der Waals surface area contributed by atoms with Crippen molar-refractivity contribution in [1.29, 1.82) is 0 Å². The molecule has 1 spiro atoms. The number of nitrogens with zero attached hydrogens (tertiary/aromatic N) is 3. The van der Waals surface area contributed by atoms with Gasteiger partial charge in [-0.3, -0.25) is 14.4 Å². The van der Waals surface area contributed by atoms with E-state index in [0.29, 0.717) is 51.9 Å². The molecule has 0 saturated carbocycles. The van der Waals surface area contributed by atoms with Crippen LogP contribution in [-0.4, -0.2) is 76.6 Å². The predicted molar refractivity (Wildman–Crippen MR) is 166 cm³/mol. The lowest BCUT2D eigenvalue weighted by Gasteiger charge is -2.37. The molecule has 1 N–H and O–H groups in total. The summed E-state index contributed by atoms with van der Waals surface area (Å²) in [6, 6.07) is 18.4. The second-order valence-corrected chi connectivity index (χ2v) is 11.8. The number of rotatable bonds is 15. The Balaban J connectivity index is 1.49. The Labute approximate surface area is 254 Å². The van der Waals surface area contributed by atoms with Crippen LogP contribution in [0.25, 0.3) is 0 Å². The van der Waals surface area contributed by atoms with E-state index in [9.17, 15) is 19.5 Å². The van der Waals surface area contributed by atoms with Crippen molar-refractivity contribution in [3.05, 3.63) is 91.5 Å². The molecule has 3 saturated heterocycles. The van der Waals surface area contributed by atoms with Crippen molar-refractivity contribution in [3.8, 4) is 0 Å². The van der Waals surface area contributed by atoms with Gasteiger partial charge >= 0.3 is 0 Å². The monoisotopic (exact) mass is 585 g/mol. The van der Waals surface area contributed by atoms with Crippen molar-refractivity contribution in [2.75, 3.05) is 31.1 Å². The largest absolute Gasteiger partial charge is 0.396 e. The first-order valence-electron chi connectivity index (χ1n) is 15.5. The van der Waals surface area contributed by atoms with Crippen molar-refractivity contribution in [1.82, 2.24) is 9.80 Å². The molecule has 2 unspecified atom stereocenters. The van der Waals surface area contributed by atoms with Gasteiger partial charge in [-0.1, -0.05) is 73.5 Å². The molecule has 8 nitrogen and oxygen atoms in total. The number of carbonyl (C=O) groups excluding carboxylic acids is 3. The Morgan fingerprint density at radius 1 is 0.953 bits per heavy atom. The highest BCUT2D eigenvalue weighted by Crippen LogP contribution is 2.59. The maximum absolute atomic E-state index is 14.6. The molecule has 3 aliphatic heterocycles. The molecule has 8 heteroatoms. The molecule has 2 bridgehead atoms. The number of hydrogen-bond donors (Lipinski definition) is 1. The number of benzene rings is 2. The third kappa shape index (κ3) is 5.91.